The van der Waals surface area contributed by atoms with Gasteiger partial charge in [0.25, 0.3) is 0 Å². The molecule has 0 bridgehead atoms. The van der Waals surface area contributed by atoms with Gasteiger partial charge in [-0.1, -0.05) is 29.8 Å². The number of rotatable bonds is 6. The summed E-state index contributed by atoms with van der Waals surface area (Å²) in [6.07, 6.45) is 0. The summed E-state index contributed by atoms with van der Waals surface area (Å²) in [5.41, 5.74) is 2.01. The van der Waals surface area contributed by atoms with Crippen molar-refractivity contribution in [2.45, 2.75) is 19.5 Å². The molecule has 0 saturated carbocycles. The molecular formula is C21H26ClN3O2. The van der Waals surface area contributed by atoms with E-state index in [1.807, 2.05) is 31.2 Å². The fourth-order valence-corrected chi connectivity index (χ4v) is 3.47. The first-order chi connectivity index (χ1) is 13.0. The van der Waals surface area contributed by atoms with Crippen molar-refractivity contribution in [3.8, 4) is 5.75 Å². The number of carbonyl (C=O) groups is 1. The minimum Gasteiger partial charge on any atom is -0.497 e. The summed E-state index contributed by atoms with van der Waals surface area (Å²) < 4.78 is 5.21. The summed E-state index contributed by atoms with van der Waals surface area (Å²) in [5.74, 6) is 0.879. The van der Waals surface area contributed by atoms with E-state index in [1.165, 1.54) is 5.56 Å². The monoisotopic (exact) mass is 387 g/mol. The summed E-state index contributed by atoms with van der Waals surface area (Å²) in [5, 5.41) is 3.57. The van der Waals surface area contributed by atoms with Gasteiger partial charge in [-0.2, -0.15) is 0 Å². The molecule has 1 aliphatic rings. The maximum Gasteiger partial charge on any atom is 0.241 e. The highest BCUT2D eigenvalue weighted by molar-refractivity contribution is 6.30. The van der Waals surface area contributed by atoms with Crippen LogP contribution in [0.3, 0.4) is 0 Å². The third-order valence-corrected chi connectivity index (χ3v) is 5.23. The molecule has 0 aliphatic carbocycles. The van der Waals surface area contributed by atoms with Crippen LogP contribution in [0.25, 0.3) is 0 Å². The minimum absolute atomic E-state index is 0.000807. The van der Waals surface area contributed by atoms with Gasteiger partial charge >= 0.3 is 0 Å². The topological polar surface area (TPSA) is 44.8 Å². The first-order valence-corrected chi connectivity index (χ1v) is 9.59. The average molecular weight is 388 g/mol. The largest absolute Gasteiger partial charge is 0.497 e. The van der Waals surface area contributed by atoms with Crippen molar-refractivity contribution in [1.29, 1.82) is 0 Å². The fourth-order valence-electron chi connectivity index (χ4n) is 3.28. The number of hydrogen-bond acceptors (Lipinski definition) is 4. The number of amides is 1. The van der Waals surface area contributed by atoms with Gasteiger partial charge in [0.05, 0.1) is 13.2 Å². The lowest BCUT2D eigenvalue weighted by atomic mass is 10.1. The number of benzene rings is 2. The number of nitrogens with one attached hydrogen (secondary N) is 1. The quantitative estimate of drug-likeness (QED) is 0.824. The number of anilines is 1. The van der Waals surface area contributed by atoms with Crippen molar-refractivity contribution in [2.24, 2.45) is 0 Å². The second kappa shape index (κ2) is 9.22. The maximum absolute atomic E-state index is 12.5. The molecular weight excluding hydrogens is 362 g/mol. The van der Waals surface area contributed by atoms with Gasteiger partial charge in [0.2, 0.25) is 5.91 Å². The number of nitrogens with zero attached hydrogens (tertiary/aromatic N) is 2. The average Bonchev–Trinajstić information content (AvgIpc) is 2.68. The lowest BCUT2D eigenvalue weighted by molar-refractivity contribution is -0.121. The normalized spacial score (nSPS) is 16.7. The third-order valence-electron chi connectivity index (χ3n) is 4.99. The number of carbonyl (C=O) groups excluding carboxylic acids is 1. The van der Waals surface area contributed by atoms with Crippen molar-refractivity contribution in [1.82, 2.24) is 9.80 Å². The van der Waals surface area contributed by atoms with Crippen molar-refractivity contribution in [2.75, 3.05) is 38.6 Å². The van der Waals surface area contributed by atoms with Crippen LogP contribution in [0.2, 0.25) is 5.02 Å². The van der Waals surface area contributed by atoms with E-state index in [2.05, 4.69) is 27.2 Å². The predicted molar refractivity (Wildman–Crippen MR) is 109 cm³/mol. The first-order valence-electron chi connectivity index (χ1n) is 9.21. The van der Waals surface area contributed by atoms with Crippen LogP contribution in [0, 0.1) is 0 Å². The molecule has 5 nitrogen and oxygen atoms in total. The minimum atomic E-state index is -0.174. The Labute approximate surface area is 165 Å². The van der Waals surface area contributed by atoms with Gasteiger partial charge in [-0.25, -0.2) is 0 Å². The molecule has 1 aliphatic heterocycles. The Balaban J connectivity index is 1.48. The van der Waals surface area contributed by atoms with Crippen molar-refractivity contribution >= 4 is 23.2 Å². The van der Waals surface area contributed by atoms with Gasteiger partial charge in [0.1, 0.15) is 5.75 Å². The van der Waals surface area contributed by atoms with E-state index in [1.54, 1.807) is 19.2 Å². The molecule has 27 heavy (non-hydrogen) atoms. The Morgan fingerprint density at radius 1 is 1.15 bits per heavy atom. The first kappa shape index (κ1) is 19.7. The molecule has 3 rings (SSSR count). The lowest BCUT2D eigenvalue weighted by Crippen LogP contribution is -2.52. The molecule has 1 fully saturated rings. The van der Waals surface area contributed by atoms with Gasteiger partial charge in [-0.3, -0.25) is 14.6 Å². The van der Waals surface area contributed by atoms with Crippen LogP contribution in [-0.2, 0) is 11.3 Å². The van der Waals surface area contributed by atoms with Crippen LogP contribution in [0.1, 0.15) is 12.5 Å². The van der Waals surface area contributed by atoms with Crippen LogP contribution in [0.4, 0.5) is 5.69 Å². The Hall–Kier alpha value is -2.08. The molecule has 1 heterocycles. The highest BCUT2D eigenvalue weighted by Crippen LogP contribution is 2.17. The molecule has 1 saturated heterocycles. The summed E-state index contributed by atoms with van der Waals surface area (Å²) in [4.78, 5) is 17.2. The van der Waals surface area contributed by atoms with Crippen LogP contribution in [0.15, 0.2) is 48.5 Å². The Bertz CT molecular complexity index is 758. The molecule has 2 aromatic carbocycles. The Kier molecular flexibility index (Phi) is 6.72. The van der Waals surface area contributed by atoms with Gasteiger partial charge in [0, 0.05) is 43.4 Å². The zero-order valence-electron chi connectivity index (χ0n) is 15.8. The van der Waals surface area contributed by atoms with Crippen LogP contribution in [-0.4, -0.2) is 55.0 Å². The number of hydrogen-bond donors (Lipinski definition) is 1. The van der Waals surface area contributed by atoms with Crippen LogP contribution >= 0.6 is 11.6 Å². The second-order valence-electron chi connectivity index (χ2n) is 6.84. The fraction of sp³-hybridized carbons (Fsp3) is 0.381. The van der Waals surface area contributed by atoms with Crippen LogP contribution < -0.4 is 10.1 Å². The molecule has 1 atom stereocenters. The van der Waals surface area contributed by atoms with E-state index in [0.29, 0.717) is 5.02 Å². The second-order valence-corrected chi connectivity index (χ2v) is 7.27. The number of ether oxygens (including phenoxy) is 1. The van der Waals surface area contributed by atoms with Gasteiger partial charge < -0.3 is 10.1 Å². The van der Waals surface area contributed by atoms with E-state index in [9.17, 15) is 4.79 Å². The smallest absolute Gasteiger partial charge is 0.241 e. The molecule has 6 heteroatoms. The van der Waals surface area contributed by atoms with E-state index < -0.39 is 0 Å². The number of methoxy groups -OCH3 is 1. The summed E-state index contributed by atoms with van der Waals surface area (Å²) in [6.45, 7) is 6.52. The van der Waals surface area contributed by atoms with E-state index in [-0.39, 0.29) is 11.9 Å². The summed E-state index contributed by atoms with van der Waals surface area (Å²) in [6, 6.07) is 15.3. The molecule has 2 aromatic rings. The van der Waals surface area contributed by atoms with E-state index in [0.717, 1.165) is 44.2 Å². The number of halogens is 1. The van der Waals surface area contributed by atoms with Gasteiger partial charge in [-0.05, 0) is 42.8 Å². The zero-order chi connectivity index (χ0) is 19.2. The molecule has 0 radical (unpaired) electrons. The number of piperazine rings is 1. The molecule has 1 N–H and O–H groups in total. The van der Waals surface area contributed by atoms with Gasteiger partial charge in [-0.15, -0.1) is 0 Å². The standard InChI is InChI=1S/C21H26ClN3O2/c1-16(21(26)23-19-5-3-4-18(22)14-19)25-12-10-24(11-13-25)15-17-6-8-20(27-2)9-7-17/h3-9,14,16H,10-13,15H2,1-2H3,(H,23,26)/t16-/m0/s1. The maximum atomic E-state index is 12.5. The Morgan fingerprint density at radius 3 is 2.48 bits per heavy atom. The van der Waals surface area contributed by atoms with E-state index in [4.69, 9.17) is 16.3 Å². The van der Waals surface area contributed by atoms with Crippen LogP contribution in [0.5, 0.6) is 5.75 Å². The van der Waals surface area contributed by atoms with Crippen molar-refractivity contribution < 1.29 is 9.53 Å². The van der Waals surface area contributed by atoms with E-state index >= 15 is 0 Å². The predicted octanol–water partition coefficient (Wildman–Crippen LogP) is 3.49. The van der Waals surface area contributed by atoms with Crippen molar-refractivity contribution in [3.63, 3.8) is 0 Å². The summed E-state index contributed by atoms with van der Waals surface area (Å²) >= 11 is 5.98. The SMILES string of the molecule is COc1ccc(CN2CCN([C@@H](C)C(=O)Nc3cccc(Cl)c3)CC2)cc1. The third kappa shape index (κ3) is 5.45. The zero-order valence-corrected chi connectivity index (χ0v) is 16.6. The highest BCUT2D eigenvalue weighted by atomic mass is 35.5. The Morgan fingerprint density at radius 2 is 1.85 bits per heavy atom. The molecule has 1 amide bonds. The molecule has 0 aromatic heterocycles. The summed E-state index contributed by atoms with van der Waals surface area (Å²) in [7, 11) is 1.68. The lowest BCUT2D eigenvalue weighted by Gasteiger charge is -2.37. The molecule has 144 valence electrons. The van der Waals surface area contributed by atoms with Gasteiger partial charge in [0.15, 0.2) is 0 Å². The molecule has 0 spiro atoms. The highest BCUT2D eigenvalue weighted by Gasteiger charge is 2.25. The molecule has 0 unspecified atom stereocenters. The van der Waals surface area contributed by atoms with Crippen molar-refractivity contribution in [3.05, 3.63) is 59.1 Å².